The molecule has 0 spiro atoms. The predicted molar refractivity (Wildman–Crippen MR) is 103 cm³/mol. The summed E-state index contributed by atoms with van der Waals surface area (Å²) in [7, 11) is 2.18. The Hall–Kier alpha value is -0.810. The molecule has 1 amide bonds. The highest BCUT2D eigenvalue weighted by atomic mass is 35.5. The Labute approximate surface area is 160 Å². The zero-order valence-electron chi connectivity index (χ0n) is 15.0. The zero-order valence-corrected chi connectivity index (χ0v) is 16.5. The molecule has 1 aliphatic carbocycles. The minimum absolute atomic E-state index is 0.0320. The molecule has 4 nitrogen and oxygen atoms in total. The maximum absolute atomic E-state index is 12.2. The first kappa shape index (κ1) is 19.0. The van der Waals surface area contributed by atoms with Gasteiger partial charge in [0, 0.05) is 38.8 Å². The molecule has 2 aliphatic rings. The molecule has 1 heterocycles. The molecule has 0 aromatic heterocycles. The molecule has 138 valence electrons. The van der Waals surface area contributed by atoms with Crippen molar-refractivity contribution in [2.75, 3.05) is 39.8 Å². The van der Waals surface area contributed by atoms with Gasteiger partial charge in [-0.1, -0.05) is 30.3 Å². The van der Waals surface area contributed by atoms with Crippen molar-refractivity contribution in [3.8, 4) is 0 Å². The van der Waals surface area contributed by atoms with Crippen LogP contribution in [-0.2, 0) is 4.79 Å². The zero-order chi connectivity index (χ0) is 18.1. The van der Waals surface area contributed by atoms with E-state index in [1.54, 1.807) is 0 Å². The first-order chi connectivity index (χ1) is 11.8. The Balaban J connectivity index is 1.49. The van der Waals surface area contributed by atoms with E-state index >= 15 is 0 Å². The van der Waals surface area contributed by atoms with Gasteiger partial charge in [-0.05, 0) is 32.4 Å². The molecule has 1 aromatic rings. The van der Waals surface area contributed by atoms with Crippen LogP contribution in [0.25, 0.3) is 0 Å². The normalized spacial score (nSPS) is 29.4. The first-order valence-electron chi connectivity index (χ1n) is 8.97. The van der Waals surface area contributed by atoms with E-state index in [1.807, 2.05) is 6.92 Å². The number of carbonyl (C=O) groups is 1. The van der Waals surface area contributed by atoms with E-state index < -0.39 is 9.75 Å². The number of amides is 1. The van der Waals surface area contributed by atoms with Crippen molar-refractivity contribution in [2.45, 2.75) is 30.1 Å². The summed E-state index contributed by atoms with van der Waals surface area (Å²) in [5.74, 6) is -0.0320. The molecule has 2 atom stereocenters. The number of hydrogen-bond acceptors (Lipinski definition) is 3. The molecule has 1 aliphatic heterocycles. The van der Waals surface area contributed by atoms with Gasteiger partial charge in [0.2, 0.25) is 5.91 Å². The van der Waals surface area contributed by atoms with E-state index in [9.17, 15) is 4.79 Å². The fraction of sp³-hybridized carbons (Fsp3) is 0.632. The lowest BCUT2D eigenvalue weighted by Crippen LogP contribution is -2.47. The van der Waals surface area contributed by atoms with Crippen LogP contribution in [0, 0.1) is 5.41 Å². The van der Waals surface area contributed by atoms with Crippen LogP contribution in [0.15, 0.2) is 30.3 Å². The van der Waals surface area contributed by atoms with Gasteiger partial charge in [0.25, 0.3) is 0 Å². The van der Waals surface area contributed by atoms with E-state index in [0.29, 0.717) is 19.0 Å². The number of likely N-dealkylation sites (N-methyl/N-ethyl adjacent to an activating group) is 1. The molecular weight excluding hydrogens is 357 g/mol. The highest BCUT2D eigenvalue weighted by molar-refractivity contribution is 6.53. The lowest BCUT2D eigenvalue weighted by molar-refractivity contribution is -0.125. The summed E-state index contributed by atoms with van der Waals surface area (Å²) in [5.41, 5.74) is 0.730. The Morgan fingerprint density at radius 3 is 2.60 bits per heavy atom. The van der Waals surface area contributed by atoms with Crippen LogP contribution in [0.2, 0.25) is 0 Å². The summed E-state index contributed by atoms with van der Waals surface area (Å²) in [6, 6.07) is 11.1. The van der Waals surface area contributed by atoms with Gasteiger partial charge < -0.3 is 10.2 Å². The molecule has 6 heteroatoms. The van der Waals surface area contributed by atoms with Crippen molar-refractivity contribution < 1.29 is 4.79 Å². The van der Waals surface area contributed by atoms with Crippen molar-refractivity contribution in [3.05, 3.63) is 35.9 Å². The van der Waals surface area contributed by atoms with Crippen LogP contribution in [-0.4, -0.2) is 59.8 Å². The predicted octanol–water partition coefficient (Wildman–Crippen LogP) is 3.07. The number of rotatable bonds is 6. The summed E-state index contributed by atoms with van der Waals surface area (Å²) in [6.07, 6.45) is 1.45. The summed E-state index contributed by atoms with van der Waals surface area (Å²) >= 11 is 12.1. The molecule has 1 N–H and O–H groups in total. The van der Waals surface area contributed by atoms with Crippen LogP contribution < -0.4 is 5.32 Å². The second-order valence-electron chi connectivity index (χ2n) is 7.55. The van der Waals surface area contributed by atoms with Gasteiger partial charge in [-0.15, -0.1) is 23.2 Å². The van der Waals surface area contributed by atoms with Crippen molar-refractivity contribution in [1.29, 1.82) is 0 Å². The highest BCUT2D eigenvalue weighted by Gasteiger charge is 2.67. The fourth-order valence-electron chi connectivity index (χ4n) is 3.54. The van der Waals surface area contributed by atoms with Gasteiger partial charge in [-0.25, -0.2) is 0 Å². The van der Waals surface area contributed by atoms with Gasteiger partial charge in [-0.2, -0.15) is 0 Å². The number of nitrogens with one attached hydrogen (secondary N) is 1. The Bertz CT molecular complexity index is 610. The van der Waals surface area contributed by atoms with E-state index in [4.69, 9.17) is 23.2 Å². The molecule has 3 rings (SSSR count). The second-order valence-corrected chi connectivity index (χ2v) is 9.03. The third kappa shape index (κ3) is 4.13. The van der Waals surface area contributed by atoms with Crippen LogP contribution >= 0.6 is 23.2 Å². The number of hydrogen-bond donors (Lipinski definition) is 1. The van der Waals surface area contributed by atoms with Crippen molar-refractivity contribution in [1.82, 2.24) is 15.1 Å². The molecule has 0 unspecified atom stereocenters. The number of benzene rings is 1. The van der Waals surface area contributed by atoms with Crippen LogP contribution in [0.5, 0.6) is 0 Å². The van der Waals surface area contributed by atoms with Crippen molar-refractivity contribution in [2.24, 2.45) is 5.41 Å². The molecule has 2 fully saturated rings. The quantitative estimate of drug-likeness (QED) is 0.605. The summed E-state index contributed by atoms with van der Waals surface area (Å²) in [5, 5.41) is 3.00. The van der Waals surface area contributed by atoms with E-state index in [1.165, 1.54) is 5.56 Å². The molecule has 1 saturated heterocycles. The van der Waals surface area contributed by atoms with E-state index in [-0.39, 0.29) is 5.91 Å². The third-order valence-corrected chi connectivity index (χ3v) is 6.65. The minimum Gasteiger partial charge on any atom is -0.355 e. The van der Waals surface area contributed by atoms with Crippen LogP contribution in [0.3, 0.4) is 0 Å². The highest BCUT2D eigenvalue weighted by Crippen LogP contribution is 2.63. The van der Waals surface area contributed by atoms with Gasteiger partial charge in [0.15, 0.2) is 0 Å². The molecule has 0 radical (unpaired) electrons. The molecule has 1 saturated carbocycles. The maximum Gasteiger partial charge on any atom is 0.229 e. The maximum atomic E-state index is 12.2. The first-order valence-corrected chi connectivity index (χ1v) is 9.73. The number of nitrogens with zero attached hydrogens (tertiary/aromatic N) is 2. The standard InChI is InChI=1S/C19H27Cl2N3O/c1-18(14-19(18,20)21)17(25)22-9-6-10-24-12-11-23(2)13-16(24)15-7-4-3-5-8-15/h3-5,7-8,16H,6,9-14H2,1-2H3,(H,22,25)/t16-,18-/m0/s1. The minimum atomic E-state index is -0.896. The van der Waals surface area contributed by atoms with Gasteiger partial charge >= 0.3 is 0 Å². The Kier molecular flexibility index (Phi) is 5.64. The largest absolute Gasteiger partial charge is 0.355 e. The topological polar surface area (TPSA) is 35.6 Å². The van der Waals surface area contributed by atoms with E-state index in [2.05, 4.69) is 52.5 Å². The number of piperazine rings is 1. The molecule has 0 bridgehead atoms. The fourth-order valence-corrected chi connectivity index (χ4v) is 4.25. The smallest absolute Gasteiger partial charge is 0.229 e. The summed E-state index contributed by atoms with van der Waals surface area (Å²) in [4.78, 5) is 17.1. The Morgan fingerprint density at radius 1 is 1.28 bits per heavy atom. The molecular formula is C19H27Cl2N3O. The lowest BCUT2D eigenvalue weighted by atomic mass is 10.0. The van der Waals surface area contributed by atoms with Crippen molar-refractivity contribution in [3.63, 3.8) is 0 Å². The monoisotopic (exact) mass is 383 g/mol. The van der Waals surface area contributed by atoms with Gasteiger partial charge in [-0.3, -0.25) is 9.69 Å². The Morgan fingerprint density at radius 2 is 1.96 bits per heavy atom. The average molecular weight is 384 g/mol. The van der Waals surface area contributed by atoms with Gasteiger partial charge in [0.05, 0.1) is 5.41 Å². The summed E-state index contributed by atoms with van der Waals surface area (Å²) < 4.78 is -0.896. The SMILES string of the molecule is CN1CCN(CCCNC(=O)[C@]2(C)CC2(Cl)Cl)[C@H](c2ccccc2)C1. The van der Waals surface area contributed by atoms with Crippen molar-refractivity contribution >= 4 is 29.1 Å². The van der Waals surface area contributed by atoms with Crippen LogP contribution in [0.4, 0.5) is 0 Å². The number of carbonyl (C=O) groups excluding carboxylic acids is 1. The summed E-state index contributed by atoms with van der Waals surface area (Å²) in [6.45, 7) is 6.62. The molecule has 1 aromatic carbocycles. The van der Waals surface area contributed by atoms with Gasteiger partial charge in [0.1, 0.15) is 4.33 Å². The van der Waals surface area contributed by atoms with E-state index in [0.717, 1.165) is 32.6 Å². The number of alkyl halides is 2. The second kappa shape index (κ2) is 7.43. The molecule has 25 heavy (non-hydrogen) atoms. The number of halogens is 2. The van der Waals surface area contributed by atoms with Crippen LogP contribution in [0.1, 0.15) is 31.4 Å². The lowest BCUT2D eigenvalue weighted by Gasteiger charge is -2.40. The average Bonchev–Trinajstić information content (AvgIpc) is 3.12. The third-order valence-electron chi connectivity index (χ3n) is 5.55.